The molecule has 1 aliphatic rings. The van der Waals surface area contributed by atoms with E-state index < -0.39 is 0 Å². The highest BCUT2D eigenvalue weighted by Gasteiger charge is 2.42. The molecule has 1 fully saturated rings. The van der Waals surface area contributed by atoms with Crippen molar-refractivity contribution < 1.29 is 4.74 Å². The fraction of sp³-hybridized carbons (Fsp3) is 0.667. The first-order chi connectivity index (χ1) is 10.0. The number of benzene rings is 1. The number of rotatable bonds is 5. The standard InChI is InChI=1S/C18H30N2O/c1-14-13-15(21-5)9-10-16(14)17(19-2)18(20(3)4)11-7-6-8-12-18/h9-10,13,17,19H,6-8,11-12H2,1-5H3. The molecule has 3 nitrogen and oxygen atoms in total. The summed E-state index contributed by atoms with van der Waals surface area (Å²) in [4.78, 5) is 2.44. The van der Waals surface area contributed by atoms with Gasteiger partial charge < -0.3 is 15.0 Å². The summed E-state index contributed by atoms with van der Waals surface area (Å²) < 4.78 is 5.35. The van der Waals surface area contributed by atoms with Crippen molar-refractivity contribution in [3.05, 3.63) is 29.3 Å². The third kappa shape index (κ3) is 3.09. The van der Waals surface area contributed by atoms with Gasteiger partial charge in [0.1, 0.15) is 5.75 Å². The number of aryl methyl sites for hydroxylation is 1. The van der Waals surface area contributed by atoms with Crippen molar-refractivity contribution in [1.82, 2.24) is 10.2 Å². The van der Waals surface area contributed by atoms with E-state index in [1.807, 2.05) is 0 Å². The van der Waals surface area contributed by atoms with Crippen LogP contribution in [0.25, 0.3) is 0 Å². The molecule has 0 spiro atoms. The highest BCUT2D eigenvalue weighted by molar-refractivity contribution is 5.38. The molecule has 118 valence electrons. The van der Waals surface area contributed by atoms with E-state index in [1.54, 1.807) is 7.11 Å². The molecule has 1 atom stereocenters. The summed E-state index contributed by atoms with van der Waals surface area (Å²) in [5.41, 5.74) is 2.92. The first kappa shape index (κ1) is 16.3. The van der Waals surface area contributed by atoms with E-state index >= 15 is 0 Å². The van der Waals surface area contributed by atoms with Gasteiger partial charge in [0.2, 0.25) is 0 Å². The van der Waals surface area contributed by atoms with E-state index in [0.717, 1.165) is 5.75 Å². The summed E-state index contributed by atoms with van der Waals surface area (Å²) in [6, 6.07) is 6.82. The molecule has 0 amide bonds. The maximum absolute atomic E-state index is 5.35. The Kier molecular flexibility index (Phi) is 5.28. The Balaban J connectivity index is 2.41. The number of ether oxygens (including phenoxy) is 1. The number of nitrogens with one attached hydrogen (secondary N) is 1. The van der Waals surface area contributed by atoms with Crippen molar-refractivity contribution in [3.8, 4) is 5.75 Å². The lowest BCUT2D eigenvalue weighted by Crippen LogP contribution is -2.54. The van der Waals surface area contributed by atoms with E-state index in [-0.39, 0.29) is 5.54 Å². The smallest absolute Gasteiger partial charge is 0.119 e. The molecule has 1 aliphatic carbocycles. The van der Waals surface area contributed by atoms with Crippen LogP contribution in [0.3, 0.4) is 0 Å². The van der Waals surface area contributed by atoms with Gasteiger partial charge in [-0.1, -0.05) is 25.3 Å². The van der Waals surface area contributed by atoms with E-state index in [1.165, 1.54) is 43.2 Å². The van der Waals surface area contributed by atoms with Gasteiger partial charge in [-0.2, -0.15) is 0 Å². The summed E-state index contributed by atoms with van der Waals surface area (Å²) in [5, 5.41) is 3.61. The third-order valence-electron chi connectivity index (χ3n) is 5.22. The van der Waals surface area contributed by atoms with Crippen molar-refractivity contribution in [2.45, 2.75) is 50.6 Å². The molecule has 2 rings (SSSR count). The first-order valence-corrected chi connectivity index (χ1v) is 8.04. The molecule has 0 bridgehead atoms. The van der Waals surface area contributed by atoms with Gasteiger partial charge in [0.15, 0.2) is 0 Å². The largest absolute Gasteiger partial charge is 0.497 e. The second-order valence-electron chi connectivity index (χ2n) is 6.50. The van der Waals surface area contributed by atoms with Crippen LogP contribution in [-0.4, -0.2) is 38.7 Å². The van der Waals surface area contributed by atoms with E-state index in [0.29, 0.717) is 6.04 Å². The normalized spacial score (nSPS) is 19.5. The summed E-state index contributed by atoms with van der Waals surface area (Å²) in [6.07, 6.45) is 6.54. The van der Waals surface area contributed by atoms with E-state index in [9.17, 15) is 0 Å². The molecule has 1 aromatic carbocycles. The Morgan fingerprint density at radius 3 is 2.33 bits per heavy atom. The average Bonchev–Trinajstić information content (AvgIpc) is 2.50. The summed E-state index contributed by atoms with van der Waals surface area (Å²) >= 11 is 0. The maximum atomic E-state index is 5.35. The van der Waals surface area contributed by atoms with Crippen LogP contribution < -0.4 is 10.1 Å². The van der Waals surface area contributed by atoms with Gasteiger partial charge in [-0.05, 0) is 64.2 Å². The van der Waals surface area contributed by atoms with Crippen LogP contribution in [0.2, 0.25) is 0 Å². The molecule has 0 heterocycles. The van der Waals surface area contributed by atoms with Crippen LogP contribution >= 0.6 is 0 Å². The molecule has 1 N–H and O–H groups in total. The van der Waals surface area contributed by atoms with E-state index in [4.69, 9.17) is 4.74 Å². The van der Waals surface area contributed by atoms with Crippen LogP contribution in [0.4, 0.5) is 0 Å². The zero-order valence-corrected chi connectivity index (χ0v) is 14.2. The monoisotopic (exact) mass is 290 g/mol. The second kappa shape index (κ2) is 6.80. The van der Waals surface area contributed by atoms with Crippen molar-refractivity contribution in [1.29, 1.82) is 0 Å². The Hall–Kier alpha value is -1.06. The maximum Gasteiger partial charge on any atom is 0.119 e. The lowest BCUT2D eigenvalue weighted by atomic mass is 9.72. The average molecular weight is 290 g/mol. The minimum Gasteiger partial charge on any atom is -0.497 e. The number of methoxy groups -OCH3 is 1. The molecular formula is C18H30N2O. The molecule has 1 unspecified atom stereocenters. The van der Waals surface area contributed by atoms with Gasteiger partial charge in [0, 0.05) is 5.54 Å². The highest BCUT2D eigenvalue weighted by Crippen LogP contribution is 2.42. The van der Waals surface area contributed by atoms with Crippen molar-refractivity contribution in [3.63, 3.8) is 0 Å². The predicted octanol–water partition coefficient (Wildman–Crippen LogP) is 3.53. The number of hydrogen-bond donors (Lipinski definition) is 1. The lowest BCUT2D eigenvalue weighted by molar-refractivity contribution is 0.0592. The fourth-order valence-corrected chi connectivity index (χ4v) is 3.97. The third-order valence-corrected chi connectivity index (χ3v) is 5.22. The molecule has 3 heteroatoms. The molecular weight excluding hydrogens is 260 g/mol. The Morgan fingerprint density at radius 2 is 1.86 bits per heavy atom. The molecule has 0 radical (unpaired) electrons. The van der Waals surface area contributed by atoms with Crippen molar-refractivity contribution >= 4 is 0 Å². The van der Waals surface area contributed by atoms with Gasteiger partial charge in [-0.25, -0.2) is 0 Å². The van der Waals surface area contributed by atoms with Crippen LogP contribution in [0, 0.1) is 6.92 Å². The number of likely N-dealkylation sites (N-methyl/N-ethyl adjacent to an activating group) is 2. The molecule has 0 aromatic heterocycles. The molecule has 0 saturated heterocycles. The quantitative estimate of drug-likeness (QED) is 0.898. The Bertz CT molecular complexity index is 464. The summed E-state index contributed by atoms with van der Waals surface area (Å²) in [6.45, 7) is 2.19. The van der Waals surface area contributed by atoms with Gasteiger partial charge in [-0.3, -0.25) is 0 Å². The lowest BCUT2D eigenvalue weighted by Gasteiger charge is -2.49. The number of hydrogen-bond acceptors (Lipinski definition) is 3. The topological polar surface area (TPSA) is 24.5 Å². The highest BCUT2D eigenvalue weighted by atomic mass is 16.5. The molecule has 0 aliphatic heterocycles. The predicted molar refractivity (Wildman–Crippen MR) is 89.0 cm³/mol. The number of nitrogens with zero attached hydrogens (tertiary/aromatic N) is 1. The second-order valence-corrected chi connectivity index (χ2v) is 6.50. The summed E-state index contributed by atoms with van der Waals surface area (Å²) in [5.74, 6) is 0.939. The Labute approximate surface area is 129 Å². The molecule has 1 aromatic rings. The van der Waals surface area contributed by atoms with Gasteiger partial charge >= 0.3 is 0 Å². The minimum absolute atomic E-state index is 0.215. The zero-order chi connectivity index (χ0) is 15.5. The van der Waals surface area contributed by atoms with Gasteiger partial charge in [-0.15, -0.1) is 0 Å². The van der Waals surface area contributed by atoms with Crippen LogP contribution in [0.5, 0.6) is 5.75 Å². The Morgan fingerprint density at radius 1 is 1.19 bits per heavy atom. The van der Waals surface area contributed by atoms with Crippen LogP contribution in [0.15, 0.2) is 18.2 Å². The fourth-order valence-electron chi connectivity index (χ4n) is 3.97. The minimum atomic E-state index is 0.215. The first-order valence-electron chi connectivity index (χ1n) is 8.04. The van der Waals surface area contributed by atoms with Crippen LogP contribution in [0.1, 0.15) is 49.3 Å². The molecule has 1 saturated carbocycles. The van der Waals surface area contributed by atoms with E-state index in [2.05, 4.69) is 56.5 Å². The van der Waals surface area contributed by atoms with Crippen molar-refractivity contribution in [2.24, 2.45) is 0 Å². The summed E-state index contributed by atoms with van der Waals surface area (Å²) in [7, 11) is 8.28. The van der Waals surface area contributed by atoms with Gasteiger partial charge in [0.25, 0.3) is 0 Å². The van der Waals surface area contributed by atoms with Crippen molar-refractivity contribution in [2.75, 3.05) is 28.3 Å². The van der Waals surface area contributed by atoms with Crippen LogP contribution in [-0.2, 0) is 0 Å². The van der Waals surface area contributed by atoms with Gasteiger partial charge in [0.05, 0.1) is 13.2 Å². The SMILES string of the molecule is CNC(c1ccc(OC)cc1C)C1(N(C)C)CCCCC1. The molecule has 21 heavy (non-hydrogen) atoms. The zero-order valence-electron chi connectivity index (χ0n) is 14.2.